The van der Waals surface area contributed by atoms with Gasteiger partial charge in [-0.3, -0.25) is 4.79 Å². The molecular weight excluding hydrogens is 282 g/mol. The van der Waals surface area contributed by atoms with Crippen molar-refractivity contribution in [3.8, 4) is 5.75 Å². The number of carbonyl (C=O) groups is 2. The highest BCUT2D eigenvalue weighted by atomic mass is 16.5. The second kappa shape index (κ2) is 5.77. The monoisotopic (exact) mass is 297 g/mol. The summed E-state index contributed by atoms with van der Waals surface area (Å²) in [6.07, 6.45) is 0. The molecule has 0 aliphatic carbocycles. The number of anilines is 3. The third kappa shape index (κ3) is 3.01. The van der Waals surface area contributed by atoms with E-state index < -0.39 is 0 Å². The number of nitrogens with one attached hydrogen (secondary N) is 3. The van der Waals surface area contributed by atoms with E-state index in [0.717, 1.165) is 5.56 Å². The van der Waals surface area contributed by atoms with Crippen molar-refractivity contribution in [3.05, 3.63) is 48.0 Å². The van der Waals surface area contributed by atoms with Crippen molar-refractivity contribution in [2.24, 2.45) is 0 Å². The smallest absolute Gasteiger partial charge is 0.323 e. The number of benzene rings is 2. The number of fused-ring (bicyclic) bond motifs is 1. The first-order valence-electron chi connectivity index (χ1n) is 6.82. The predicted octanol–water partition coefficient (Wildman–Crippen LogP) is 2.97. The van der Waals surface area contributed by atoms with Crippen LogP contribution in [0.25, 0.3) is 0 Å². The minimum atomic E-state index is -0.375. The van der Waals surface area contributed by atoms with Crippen molar-refractivity contribution < 1.29 is 14.3 Å². The molecule has 1 aliphatic heterocycles. The van der Waals surface area contributed by atoms with Gasteiger partial charge >= 0.3 is 6.03 Å². The molecule has 3 rings (SSSR count). The van der Waals surface area contributed by atoms with E-state index in [4.69, 9.17) is 4.74 Å². The molecule has 0 saturated carbocycles. The Morgan fingerprint density at radius 3 is 2.73 bits per heavy atom. The van der Waals surface area contributed by atoms with E-state index >= 15 is 0 Å². The van der Waals surface area contributed by atoms with E-state index in [0.29, 0.717) is 22.8 Å². The first-order chi connectivity index (χ1) is 10.6. The van der Waals surface area contributed by atoms with Crippen LogP contribution in [0.4, 0.5) is 21.9 Å². The lowest BCUT2D eigenvalue weighted by molar-refractivity contribution is -0.118. The summed E-state index contributed by atoms with van der Waals surface area (Å²) in [6.45, 7) is 1.81. The number of hydrogen-bond donors (Lipinski definition) is 3. The molecule has 0 saturated heterocycles. The summed E-state index contributed by atoms with van der Waals surface area (Å²) in [6, 6.07) is 12.3. The molecule has 22 heavy (non-hydrogen) atoms. The Kier molecular flexibility index (Phi) is 3.65. The van der Waals surface area contributed by atoms with Crippen LogP contribution >= 0.6 is 0 Å². The Morgan fingerprint density at radius 2 is 1.95 bits per heavy atom. The van der Waals surface area contributed by atoms with Crippen LogP contribution in [0.2, 0.25) is 0 Å². The van der Waals surface area contributed by atoms with Crippen LogP contribution in [0.1, 0.15) is 5.56 Å². The molecule has 1 aliphatic rings. The molecule has 6 heteroatoms. The van der Waals surface area contributed by atoms with Gasteiger partial charge in [0.15, 0.2) is 12.4 Å². The first-order valence-corrected chi connectivity index (χ1v) is 6.82. The maximum atomic E-state index is 12.1. The number of rotatable bonds is 2. The number of amides is 3. The second-order valence-electron chi connectivity index (χ2n) is 4.97. The summed E-state index contributed by atoms with van der Waals surface area (Å²) < 4.78 is 5.42. The highest BCUT2D eigenvalue weighted by Crippen LogP contribution is 2.37. The minimum Gasteiger partial charge on any atom is -0.479 e. The lowest BCUT2D eigenvalue weighted by Crippen LogP contribution is -2.27. The Balaban J connectivity index is 1.80. The molecule has 1 heterocycles. The molecule has 0 bridgehead atoms. The standard InChI is InChI=1S/C16H15N3O3/c1-10-7-12-15(22-9-14(20)18-12)13(8-10)19-16(21)17-11-5-3-2-4-6-11/h2-8H,9H2,1H3,(H,18,20)(H2,17,19,21). The fourth-order valence-corrected chi connectivity index (χ4v) is 2.24. The number of hydrogen-bond acceptors (Lipinski definition) is 3. The normalized spacial score (nSPS) is 12.7. The number of ether oxygens (including phenoxy) is 1. The molecule has 0 unspecified atom stereocenters. The summed E-state index contributed by atoms with van der Waals surface area (Å²) in [7, 11) is 0. The van der Waals surface area contributed by atoms with Crippen LogP contribution in [0.5, 0.6) is 5.75 Å². The maximum Gasteiger partial charge on any atom is 0.323 e. The zero-order chi connectivity index (χ0) is 15.5. The second-order valence-corrected chi connectivity index (χ2v) is 4.97. The van der Waals surface area contributed by atoms with Crippen LogP contribution in [-0.2, 0) is 4.79 Å². The number of urea groups is 1. The van der Waals surface area contributed by atoms with Gasteiger partial charge in [0.05, 0.1) is 11.4 Å². The highest BCUT2D eigenvalue weighted by Gasteiger charge is 2.20. The van der Waals surface area contributed by atoms with Gasteiger partial charge in [0.2, 0.25) is 0 Å². The van der Waals surface area contributed by atoms with Crippen molar-refractivity contribution in [1.82, 2.24) is 0 Å². The van der Waals surface area contributed by atoms with E-state index in [2.05, 4.69) is 16.0 Å². The Hall–Kier alpha value is -3.02. The fraction of sp³-hybridized carbons (Fsp3) is 0.125. The number of carbonyl (C=O) groups excluding carboxylic acids is 2. The molecular formula is C16H15N3O3. The van der Waals surface area contributed by atoms with Crippen molar-refractivity contribution in [2.45, 2.75) is 6.92 Å². The molecule has 0 spiro atoms. The van der Waals surface area contributed by atoms with Crippen molar-refractivity contribution in [1.29, 1.82) is 0 Å². The van der Waals surface area contributed by atoms with Gasteiger partial charge in [-0.15, -0.1) is 0 Å². The summed E-state index contributed by atoms with van der Waals surface area (Å²) in [5.74, 6) is 0.256. The first kappa shape index (κ1) is 13.9. The van der Waals surface area contributed by atoms with Crippen molar-refractivity contribution in [2.75, 3.05) is 22.6 Å². The van der Waals surface area contributed by atoms with Gasteiger partial charge in [-0.05, 0) is 36.8 Å². The topological polar surface area (TPSA) is 79.5 Å². The van der Waals surface area contributed by atoms with Gasteiger partial charge in [-0.25, -0.2) is 4.79 Å². The van der Waals surface area contributed by atoms with E-state index in [9.17, 15) is 9.59 Å². The molecule has 0 fully saturated rings. The predicted molar refractivity (Wildman–Crippen MR) is 84.4 cm³/mol. The van der Waals surface area contributed by atoms with Gasteiger partial charge in [-0.2, -0.15) is 0 Å². The van der Waals surface area contributed by atoms with Gasteiger partial charge < -0.3 is 20.7 Å². The number of aryl methyl sites for hydroxylation is 1. The maximum absolute atomic E-state index is 12.1. The van der Waals surface area contributed by atoms with Crippen LogP contribution in [0.15, 0.2) is 42.5 Å². The van der Waals surface area contributed by atoms with E-state index in [1.54, 1.807) is 24.3 Å². The molecule has 3 amide bonds. The molecule has 0 aromatic heterocycles. The van der Waals surface area contributed by atoms with E-state index in [1.165, 1.54) is 0 Å². The Morgan fingerprint density at radius 1 is 1.18 bits per heavy atom. The van der Waals surface area contributed by atoms with Crippen molar-refractivity contribution in [3.63, 3.8) is 0 Å². The molecule has 112 valence electrons. The lowest BCUT2D eigenvalue weighted by atomic mass is 10.1. The SMILES string of the molecule is Cc1cc2c(c(NC(=O)Nc3ccccc3)c1)OCC(=O)N2. The largest absolute Gasteiger partial charge is 0.479 e. The highest BCUT2D eigenvalue weighted by molar-refractivity contribution is 6.03. The summed E-state index contributed by atoms with van der Waals surface area (Å²) in [5.41, 5.74) is 2.67. The average molecular weight is 297 g/mol. The van der Waals surface area contributed by atoms with Crippen molar-refractivity contribution >= 4 is 29.0 Å². The Labute approximate surface area is 127 Å². The fourth-order valence-electron chi connectivity index (χ4n) is 2.24. The summed E-state index contributed by atoms with van der Waals surface area (Å²) in [5, 5.41) is 8.21. The van der Waals surface area contributed by atoms with Crippen LogP contribution in [-0.4, -0.2) is 18.5 Å². The zero-order valence-corrected chi connectivity index (χ0v) is 12.0. The van der Waals surface area contributed by atoms with Gasteiger partial charge in [-0.1, -0.05) is 18.2 Å². The molecule has 2 aromatic rings. The number of para-hydroxylation sites is 1. The molecule has 0 radical (unpaired) electrons. The molecule has 2 aromatic carbocycles. The summed E-state index contributed by atoms with van der Waals surface area (Å²) >= 11 is 0. The molecule has 3 N–H and O–H groups in total. The summed E-state index contributed by atoms with van der Waals surface area (Å²) in [4.78, 5) is 23.5. The van der Waals surface area contributed by atoms with E-state index in [-0.39, 0.29) is 18.5 Å². The van der Waals surface area contributed by atoms with Crippen LogP contribution < -0.4 is 20.7 Å². The Bertz CT molecular complexity index is 729. The van der Waals surface area contributed by atoms with Crippen LogP contribution in [0.3, 0.4) is 0 Å². The molecule has 6 nitrogen and oxygen atoms in total. The van der Waals surface area contributed by atoms with Gasteiger partial charge in [0, 0.05) is 5.69 Å². The van der Waals surface area contributed by atoms with Gasteiger partial charge in [0.1, 0.15) is 0 Å². The third-order valence-electron chi connectivity index (χ3n) is 3.13. The average Bonchev–Trinajstić information content (AvgIpc) is 2.47. The lowest BCUT2D eigenvalue weighted by Gasteiger charge is -2.21. The van der Waals surface area contributed by atoms with E-state index in [1.807, 2.05) is 25.1 Å². The third-order valence-corrected chi connectivity index (χ3v) is 3.13. The van der Waals surface area contributed by atoms with Crippen LogP contribution in [0, 0.1) is 6.92 Å². The van der Waals surface area contributed by atoms with Gasteiger partial charge in [0.25, 0.3) is 5.91 Å². The minimum absolute atomic E-state index is 0.0644. The zero-order valence-electron chi connectivity index (χ0n) is 12.0. The molecule has 0 atom stereocenters. The quantitative estimate of drug-likeness (QED) is 0.797.